The summed E-state index contributed by atoms with van der Waals surface area (Å²) in [5, 5.41) is 0. The quantitative estimate of drug-likeness (QED) is 0.721. The Labute approximate surface area is 168 Å². The molecule has 28 heavy (non-hydrogen) atoms. The van der Waals surface area contributed by atoms with E-state index in [1.807, 2.05) is 18.2 Å². The molecule has 8 heteroatoms. The predicted octanol–water partition coefficient (Wildman–Crippen LogP) is 2.78. The normalized spacial score (nSPS) is 21.9. The van der Waals surface area contributed by atoms with E-state index in [-0.39, 0.29) is 0 Å². The van der Waals surface area contributed by atoms with Gasteiger partial charge in [0.15, 0.2) is 0 Å². The fraction of sp³-hybridized carbons (Fsp3) is 0.600. The first-order chi connectivity index (χ1) is 13.4. The van der Waals surface area contributed by atoms with Gasteiger partial charge < -0.3 is 14.2 Å². The highest BCUT2D eigenvalue weighted by molar-refractivity contribution is 7.86. The smallest absolute Gasteiger partial charge is 0.282 e. The topological polar surface area (TPSA) is 68.3 Å². The van der Waals surface area contributed by atoms with E-state index < -0.39 is 10.2 Å². The molecule has 1 saturated heterocycles. The Bertz CT molecular complexity index is 812. The maximum absolute atomic E-state index is 13.0. The molecule has 0 unspecified atom stereocenters. The molecule has 0 bridgehead atoms. The first-order valence-electron chi connectivity index (χ1n) is 9.65. The van der Waals surface area contributed by atoms with Gasteiger partial charge in [-0.15, -0.1) is 0 Å². The highest BCUT2D eigenvalue weighted by atomic mass is 32.2. The van der Waals surface area contributed by atoms with Crippen LogP contribution in [0.3, 0.4) is 0 Å². The second-order valence-electron chi connectivity index (χ2n) is 7.36. The number of rotatable bonds is 6. The summed E-state index contributed by atoms with van der Waals surface area (Å²) in [5.41, 5.74) is 1.88. The summed E-state index contributed by atoms with van der Waals surface area (Å²) in [6.45, 7) is 4.12. The monoisotopic (exact) mass is 410 g/mol. The molecule has 3 rings (SSSR count). The lowest BCUT2D eigenvalue weighted by Gasteiger charge is -2.35. The molecule has 1 atom stereocenters. The van der Waals surface area contributed by atoms with Crippen molar-refractivity contribution < 1.29 is 22.6 Å². The van der Waals surface area contributed by atoms with Gasteiger partial charge in [-0.05, 0) is 30.8 Å². The first kappa shape index (κ1) is 21.0. The van der Waals surface area contributed by atoms with Crippen LogP contribution >= 0.6 is 0 Å². The van der Waals surface area contributed by atoms with E-state index in [1.165, 1.54) is 0 Å². The summed E-state index contributed by atoms with van der Waals surface area (Å²) < 4.78 is 45.6. The molecule has 1 fully saturated rings. The molecule has 1 aromatic carbocycles. The van der Waals surface area contributed by atoms with Crippen LogP contribution in [0.1, 0.15) is 31.7 Å². The zero-order chi connectivity index (χ0) is 20.3. The van der Waals surface area contributed by atoms with E-state index in [0.29, 0.717) is 55.8 Å². The molecule has 0 amide bonds. The fourth-order valence-corrected chi connectivity index (χ4v) is 5.64. The van der Waals surface area contributed by atoms with Gasteiger partial charge >= 0.3 is 0 Å². The average Bonchev–Trinajstić information content (AvgIpc) is 2.72. The minimum absolute atomic E-state index is 0.348. The lowest BCUT2D eigenvalue weighted by molar-refractivity contribution is 0.260. The van der Waals surface area contributed by atoms with Gasteiger partial charge in [0.1, 0.15) is 17.2 Å². The number of piperidine rings is 1. The van der Waals surface area contributed by atoms with Crippen LogP contribution in [0.2, 0.25) is 0 Å². The fourth-order valence-electron chi connectivity index (χ4n) is 3.93. The summed E-state index contributed by atoms with van der Waals surface area (Å²) in [4.78, 5) is 0. The summed E-state index contributed by atoms with van der Waals surface area (Å²) >= 11 is 0. The highest BCUT2D eigenvalue weighted by Gasteiger charge is 2.34. The molecule has 2 aliphatic rings. The number of methoxy groups -OCH3 is 3. The van der Waals surface area contributed by atoms with Crippen LogP contribution in [0, 0.1) is 5.92 Å². The van der Waals surface area contributed by atoms with Crippen molar-refractivity contribution in [3.8, 4) is 17.2 Å². The van der Waals surface area contributed by atoms with E-state index in [2.05, 4.69) is 6.92 Å². The van der Waals surface area contributed by atoms with Gasteiger partial charge in [0.2, 0.25) is 0 Å². The van der Waals surface area contributed by atoms with Gasteiger partial charge in [-0.1, -0.05) is 13.0 Å². The lowest BCUT2D eigenvalue weighted by atomic mass is 9.98. The van der Waals surface area contributed by atoms with Crippen molar-refractivity contribution in [1.29, 1.82) is 0 Å². The van der Waals surface area contributed by atoms with Crippen molar-refractivity contribution >= 4 is 15.8 Å². The molecule has 0 aliphatic carbocycles. The van der Waals surface area contributed by atoms with Crippen molar-refractivity contribution in [2.75, 3.05) is 47.5 Å². The standard InChI is InChI=1S/C20H30N2O5S/c1-15-6-5-9-22(14-15)28(23,24)21-10-7-16(8-11-21)20-18(26-3)12-17(25-2)13-19(20)27-4/h7,12-13,15H,5-6,8-11,14H2,1-4H3/t15-/m1/s1. The van der Waals surface area contributed by atoms with Gasteiger partial charge in [-0.3, -0.25) is 0 Å². The summed E-state index contributed by atoms with van der Waals surface area (Å²) in [6.07, 6.45) is 4.58. The maximum Gasteiger partial charge on any atom is 0.282 e. The Morgan fingerprint density at radius 2 is 1.68 bits per heavy atom. The third-order valence-corrected chi connectivity index (χ3v) is 7.45. The Morgan fingerprint density at radius 3 is 2.18 bits per heavy atom. The maximum atomic E-state index is 13.0. The number of hydrogen-bond donors (Lipinski definition) is 0. The zero-order valence-electron chi connectivity index (χ0n) is 17.1. The first-order valence-corrected chi connectivity index (χ1v) is 11.0. The van der Waals surface area contributed by atoms with Gasteiger partial charge in [0.25, 0.3) is 10.2 Å². The Balaban J connectivity index is 1.84. The lowest BCUT2D eigenvalue weighted by Crippen LogP contribution is -2.48. The van der Waals surface area contributed by atoms with Crippen molar-refractivity contribution in [3.63, 3.8) is 0 Å². The molecule has 0 aromatic heterocycles. The van der Waals surface area contributed by atoms with E-state index >= 15 is 0 Å². The minimum Gasteiger partial charge on any atom is -0.496 e. The molecule has 0 N–H and O–H groups in total. The number of hydrogen-bond acceptors (Lipinski definition) is 5. The van der Waals surface area contributed by atoms with Crippen LogP contribution < -0.4 is 14.2 Å². The largest absolute Gasteiger partial charge is 0.496 e. The molecule has 1 aromatic rings. The van der Waals surface area contributed by atoms with E-state index in [9.17, 15) is 8.42 Å². The minimum atomic E-state index is -3.43. The number of nitrogens with zero attached hydrogens (tertiary/aromatic N) is 2. The van der Waals surface area contributed by atoms with Gasteiger partial charge in [-0.25, -0.2) is 0 Å². The number of ether oxygens (including phenoxy) is 3. The molecular weight excluding hydrogens is 380 g/mol. The molecule has 0 spiro atoms. The Morgan fingerprint density at radius 1 is 1.00 bits per heavy atom. The zero-order valence-corrected chi connectivity index (χ0v) is 17.9. The Hall–Kier alpha value is -1.77. The van der Waals surface area contributed by atoms with Crippen molar-refractivity contribution in [3.05, 3.63) is 23.8 Å². The van der Waals surface area contributed by atoms with Crippen molar-refractivity contribution in [2.45, 2.75) is 26.2 Å². The second kappa shape index (κ2) is 8.71. The van der Waals surface area contributed by atoms with E-state index in [4.69, 9.17) is 14.2 Å². The molecule has 0 saturated carbocycles. The van der Waals surface area contributed by atoms with Crippen LogP contribution in [-0.2, 0) is 10.2 Å². The van der Waals surface area contributed by atoms with Crippen LogP contribution in [0.4, 0.5) is 0 Å². The summed E-state index contributed by atoms with van der Waals surface area (Å²) in [5.74, 6) is 2.37. The van der Waals surface area contributed by atoms with E-state index in [1.54, 1.807) is 29.9 Å². The average molecular weight is 411 g/mol. The molecule has 156 valence electrons. The Kier molecular flexibility index (Phi) is 6.52. The molecule has 2 aliphatic heterocycles. The molecule has 0 radical (unpaired) electrons. The summed E-state index contributed by atoms with van der Waals surface area (Å²) in [6, 6.07) is 3.63. The number of benzene rings is 1. The van der Waals surface area contributed by atoms with Crippen molar-refractivity contribution in [2.24, 2.45) is 5.92 Å². The van der Waals surface area contributed by atoms with Crippen LogP contribution in [-0.4, -0.2) is 64.5 Å². The van der Waals surface area contributed by atoms with Crippen LogP contribution in [0.15, 0.2) is 18.2 Å². The molecular formula is C20H30N2O5S. The SMILES string of the molecule is COc1cc(OC)c(C2=CCN(S(=O)(=O)N3CCC[C@@H](C)C3)CC2)c(OC)c1. The third-order valence-electron chi connectivity index (χ3n) is 5.48. The van der Waals surface area contributed by atoms with E-state index in [0.717, 1.165) is 24.0 Å². The van der Waals surface area contributed by atoms with Gasteiger partial charge in [-0.2, -0.15) is 17.0 Å². The second-order valence-corrected chi connectivity index (χ2v) is 9.29. The molecule has 7 nitrogen and oxygen atoms in total. The van der Waals surface area contributed by atoms with Crippen LogP contribution in [0.5, 0.6) is 17.2 Å². The summed E-state index contributed by atoms with van der Waals surface area (Å²) in [7, 11) is 1.38. The van der Waals surface area contributed by atoms with Crippen LogP contribution in [0.25, 0.3) is 5.57 Å². The van der Waals surface area contributed by atoms with Gasteiger partial charge in [0, 0.05) is 38.3 Å². The predicted molar refractivity (Wildman–Crippen MR) is 109 cm³/mol. The van der Waals surface area contributed by atoms with Crippen molar-refractivity contribution in [1.82, 2.24) is 8.61 Å². The molecule has 2 heterocycles. The van der Waals surface area contributed by atoms with Gasteiger partial charge in [0.05, 0.1) is 26.9 Å². The highest BCUT2D eigenvalue weighted by Crippen LogP contribution is 2.41. The third kappa shape index (κ3) is 4.14.